The Labute approximate surface area is 131 Å². The minimum absolute atomic E-state index is 0.0353. The van der Waals surface area contributed by atoms with E-state index in [1.807, 2.05) is 0 Å². The molecule has 0 aliphatic heterocycles. The average Bonchev–Trinajstić information content (AvgIpc) is 2.46. The second-order valence-electron chi connectivity index (χ2n) is 4.19. The van der Waals surface area contributed by atoms with Crippen molar-refractivity contribution in [2.24, 2.45) is 0 Å². The van der Waals surface area contributed by atoms with Crippen LogP contribution in [0.15, 0.2) is 36.5 Å². The van der Waals surface area contributed by atoms with Crippen molar-refractivity contribution >= 4 is 22.5 Å². The van der Waals surface area contributed by atoms with Crippen molar-refractivity contribution in [2.75, 3.05) is 0 Å². The van der Waals surface area contributed by atoms with E-state index >= 15 is 0 Å². The molecular formula is C13H6ClF3N2O4. The lowest BCUT2D eigenvalue weighted by Crippen LogP contribution is -2.05. The third kappa shape index (κ3) is 3.95. The van der Waals surface area contributed by atoms with Gasteiger partial charge in [-0.15, -0.1) is 0 Å². The Morgan fingerprint density at radius 1 is 1.26 bits per heavy atom. The van der Waals surface area contributed by atoms with Gasteiger partial charge in [0.2, 0.25) is 5.88 Å². The van der Waals surface area contributed by atoms with E-state index in [0.29, 0.717) is 6.20 Å². The van der Waals surface area contributed by atoms with Crippen LogP contribution in [-0.4, -0.2) is 15.1 Å². The van der Waals surface area contributed by atoms with Crippen molar-refractivity contribution in [1.29, 1.82) is 0 Å². The number of carbonyl (C=O) groups excluding carboxylic acids is 1. The minimum Gasteiger partial charge on any atom is -0.439 e. The van der Waals surface area contributed by atoms with Crippen LogP contribution in [0.5, 0.6) is 11.6 Å². The number of nitrogens with zero attached hydrogens (tertiary/aromatic N) is 2. The first-order valence-electron chi connectivity index (χ1n) is 5.88. The first kappa shape index (κ1) is 16.7. The molecule has 0 saturated heterocycles. The summed E-state index contributed by atoms with van der Waals surface area (Å²) in [6.45, 7) is 0. The number of alkyl halides is 3. The number of ether oxygens (including phenoxy) is 1. The van der Waals surface area contributed by atoms with Crippen LogP contribution >= 0.6 is 11.6 Å². The summed E-state index contributed by atoms with van der Waals surface area (Å²) in [5, 5.41) is 9.70. The van der Waals surface area contributed by atoms with Crippen molar-refractivity contribution < 1.29 is 27.6 Å². The highest BCUT2D eigenvalue weighted by molar-refractivity contribution is 6.68. The number of aromatic nitrogens is 1. The molecule has 0 saturated carbocycles. The molecule has 10 heteroatoms. The van der Waals surface area contributed by atoms with Crippen LogP contribution in [-0.2, 0) is 6.18 Å². The van der Waals surface area contributed by atoms with Crippen LogP contribution < -0.4 is 4.74 Å². The largest absolute Gasteiger partial charge is 0.439 e. The highest BCUT2D eigenvalue weighted by Crippen LogP contribution is 2.31. The Morgan fingerprint density at radius 2 is 1.96 bits per heavy atom. The van der Waals surface area contributed by atoms with Crippen LogP contribution in [0.4, 0.5) is 18.9 Å². The van der Waals surface area contributed by atoms with Gasteiger partial charge in [-0.25, -0.2) is 4.98 Å². The maximum Gasteiger partial charge on any atom is 0.417 e. The molecule has 0 bridgehead atoms. The van der Waals surface area contributed by atoms with Crippen molar-refractivity contribution in [1.82, 2.24) is 4.98 Å². The zero-order chi connectivity index (χ0) is 17.2. The predicted octanol–water partition coefficient (Wildman–Crippen LogP) is 4.18. The SMILES string of the molecule is O=C(Cl)c1cc(Oc2ccc(C(F)(F)F)cn2)ccc1[N+](=O)[O-]. The van der Waals surface area contributed by atoms with E-state index in [0.717, 1.165) is 24.3 Å². The Kier molecular flexibility index (Phi) is 4.50. The quantitative estimate of drug-likeness (QED) is 0.471. The number of hydrogen-bond acceptors (Lipinski definition) is 5. The highest BCUT2D eigenvalue weighted by Gasteiger charge is 2.30. The van der Waals surface area contributed by atoms with E-state index in [9.17, 15) is 28.1 Å². The van der Waals surface area contributed by atoms with Gasteiger partial charge in [0.1, 0.15) is 11.3 Å². The predicted molar refractivity (Wildman–Crippen MR) is 72.6 cm³/mol. The van der Waals surface area contributed by atoms with Gasteiger partial charge in [-0.05, 0) is 29.8 Å². The van der Waals surface area contributed by atoms with Gasteiger partial charge < -0.3 is 4.74 Å². The number of halogens is 4. The summed E-state index contributed by atoms with van der Waals surface area (Å²) in [7, 11) is 0. The van der Waals surface area contributed by atoms with Crippen molar-refractivity contribution in [3.8, 4) is 11.6 Å². The number of nitro benzene ring substituents is 1. The monoisotopic (exact) mass is 346 g/mol. The van der Waals surface area contributed by atoms with Gasteiger partial charge in [0.15, 0.2) is 0 Å². The lowest BCUT2D eigenvalue weighted by atomic mass is 10.2. The smallest absolute Gasteiger partial charge is 0.417 e. The molecule has 1 aromatic carbocycles. The van der Waals surface area contributed by atoms with Crippen LogP contribution in [0.2, 0.25) is 0 Å². The third-order valence-corrected chi connectivity index (χ3v) is 2.87. The fourth-order valence-electron chi connectivity index (χ4n) is 1.62. The van der Waals surface area contributed by atoms with Crippen LogP contribution in [0.25, 0.3) is 0 Å². The average molecular weight is 347 g/mol. The van der Waals surface area contributed by atoms with Crippen LogP contribution in [0.3, 0.4) is 0 Å². The highest BCUT2D eigenvalue weighted by atomic mass is 35.5. The molecule has 23 heavy (non-hydrogen) atoms. The zero-order valence-corrected chi connectivity index (χ0v) is 11.8. The third-order valence-electron chi connectivity index (χ3n) is 2.66. The second kappa shape index (κ2) is 6.21. The summed E-state index contributed by atoms with van der Waals surface area (Å²) in [6.07, 6.45) is -3.95. The van der Waals surface area contributed by atoms with E-state index in [1.54, 1.807) is 0 Å². The number of hydrogen-bond donors (Lipinski definition) is 0. The van der Waals surface area contributed by atoms with E-state index in [-0.39, 0.29) is 11.6 Å². The molecule has 0 atom stereocenters. The van der Waals surface area contributed by atoms with Gasteiger partial charge in [-0.1, -0.05) is 0 Å². The molecule has 6 nitrogen and oxygen atoms in total. The molecule has 1 heterocycles. The van der Waals surface area contributed by atoms with E-state index < -0.39 is 33.2 Å². The molecule has 2 aromatic rings. The summed E-state index contributed by atoms with van der Waals surface area (Å²) in [4.78, 5) is 24.6. The molecule has 0 amide bonds. The van der Waals surface area contributed by atoms with Crippen LogP contribution in [0, 0.1) is 10.1 Å². The summed E-state index contributed by atoms with van der Waals surface area (Å²) >= 11 is 5.26. The van der Waals surface area contributed by atoms with E-state index in [2.05, 4.69) is 4.98 Å². The molecule has 1 aromatic heterocycles. The standard InChI is InChI=1S/C13H6ClF3N2O4/c14-12(20)9-5-8(2-3-10(9)19(21)22)23-11-4-1-7(6-18-11)13(15,16)17/h1-6H. The number of carbonyl (C=O) groups is 1. The van der Waals surface area contributed by atoms with Gasteiger partial charge in [-0.3, -0.25) is 14.9 Å². The molecule has 0 spiro atoms. The van der Waals surface area contributed by atoms with Crippen molar-refractivity contribution in [2.45, 2.75) is 6.18 Å². The summed E-state index contributed by atoms with van der Waals surface area (Å²) in [5.41, 5.74) is -1.87. The van der Waals surface area contributed by atoms with E-state index in [1.165, 1.54) is 6.07 Å². The van der Waals surface area contributed by atoms with Gasteiger partial charge >= 0.3 is 6.18 Å². The molecular weight excluding hydrogens is 341 g/mol. The second-order valence-corrected chi connectivity index (χ2v) is 4.54. The molecule has 0 aliphatic carbocycles. The van der Waals surface area contributed by atoms with Gasteiger partial charge in [0.25, 0.3) is 10.9 Å². The van der Waals surface area contributed by atoms with Crippen molar-refractivity contribution in [3.63, 3.8) is 0 Å². The molecule has 120 valence electrons. The molecule has 0 N–H and O–H groups in total. The number of pyridine rings is 1. The Hall–Kier alpha value is -2.68. The normalized spacial score (nSPS) is 11.1. The molecule has 2 rings (SSSR count). The fraction of sp³-hybridized carbons (Fsp3) is 0.0769. The first-order valence-corrected chi connectivity index (χ1v) is 6.25. The Bertz CT molecular complexity index is 763. The number of rotatable bonds is 4. The van der Waals surface area contributed by atoms with Gasteiger partial charge in [0, 0.05) is 18.3 Å². The fourth-order valence-corrected chi connectivity index (χ4v) is 1.78. The lowest BCUT2D eigenvalue weighted by molar-refractivity contribution is -0.385. The molecule has 0 aliphatic rings. The topological polar surface area (TPSA) is 82.3 Å². The summed E-state index contributed by atoms with van der Waals surface area (Å²) in [6, 6.07) is 4.91. The lowest BCUT2D eigenvalue weighted by Gasteiger charge is -2.08. The molecule has 0 radical (unpaired) electrons. The maximum atomic E-state index is 12.4. The molecule has 0 fully saturated rings. The molecule has 0 unspecified atom stereocenters. The van der Waals surface area contributed by atoms with E-state index in [4.69, 9.17) is 16.3 Å². The first-order chi connectivity index (χ1) is 10.7. The zero-order valence-electron chi connectivity index (χ0n) is 11.0. The number of nitro groups is 1. The number of benzene rings is 1. The summed E-state index contributed by atoms with van der Waals surface area (Å²) < 4.78 is 42.4. The maximum absolute atomic E-state index is 12.4. The minimum atomic E-state index is -4.53. The van der Waals surface area contributed by atoms with Crippen molar-refractivity contribution in [3.05, 3.63) is 57.8 Å². The Balaban J connectivity index is 2.28. The summed E-state index contributed by atoms with van der Waals surface area (Å²) in [5.74, 6) is -0.216. The Morgan fingerprint density at radius 3 is 2.43 bits per heavy atom. The van der Waals surface area contributed by atoms with Gasteiger partial charge in [0.05, 0.1) is 10.5 Å². The van der Waals surface area contributed by atoms with Gasteiger partial charge in [-0.2, -0.15) is 13.2 Å². The van der Waals surface area contributed by atoms with Crippen LogP contribution in [0.1, 0.15) is 15.9 Å².